The van der Waals surface area contributed by atoms with Gasteiger partial charge in [0, 0.05) is 7.11 Å². The summed E-state index contributed by atoms with van der Waals surface area (Å²) in [6.45, 7) is 11.9. The Morgan fingerprint density at radius 1 is 1.36 bits per heavy atom. The van der Waals surface area contributed by atoms with E-state index in [1.54, 1.807) is 7.11 Å². The second kappa shape index (κ2) is 12.6. The molecule has 3 heteroatoms. The highest BCUT2D eigenvalue weighted by atomic mass is 16.5. The number of carbonyl (C=O) groups is 1. The van der Waals surface area contributed by atoms with Gasteiger partial charge in [0.05, 0.1) is 11.6 Å². The van der Waals surface area contributed by atoms with Gasteiger partial charge in [0.2, 0.25) is 0 Å². The van der Waals surface area contributed by atoms with Crippen LogP contribution in [0.15, 0.2) is 0 Å². The van der Waals surface area contributed by atoms with E-state index in [0.29, 0.717) is 0 Å². The predicted molar refractivity (Wildman–Crippen MR) is 62.4 cm³/mol. The summed E-state index contributed by atoms with van der Waals surface area (Å²) >= 11 is 0. The lowest BCUT2D eigenvalue weighted by molar-refractivity contribution is -0.108. The van der Waals surface area contributed by atoms with Gasteiger partial charge in [-0.15, -0.1) is 0 Å². The van der Waals surface area contributed by atoms with Crippen molar-refractivity contribution in [2.75, 3.05) is 7.11 Å². The molecule has 88 valence electrons. The van der Waals surface area contributed by atoms with E-state index in [1.807, 2.05) is 41.5 Å². The fourth-order valence-electron chi connectivity index (χ4n) is 0.0962. The highest BCUT2D eigenvalue weighted by molar-refractivity contribution is 5.56. The maximum atomic E-state index is 9.61. The zero-order chi connectivity index (χ0) is 12.2. The van der Waals surface area contributed by atoms with Crippen LogP contribution in [-0.2, 0) is 9.53 Å². The molecule has 0 aliphatic carbocycles. The van der Waals surface area contributed by atoms with Gasteiger partial charge < -0.3 is 15.3 Å². The standard InChI is InChI=1S/C5H12O.C4H9NO.C2H6/c1-5(2,3)6-4;1-2-4(5)3-6;1-2/h1-4H3;3-4H,2,5H2,1H3;1-2H3. The summed E-state index contributed by atoms with van der Waals surface area (Å²) in [6, 6.07) is -0.245. The molecule has 0 aromatic heterocycles. The molecule has 0 spiro atoms. The van der Waals surface area contributed by atoms with E-state index in [4.69, 9.17) is 10.5 Å². The first-order valence-corrected chi connectivity index (χ1v) is 5.13. The largest absolute Gasteiger partial charge is 0.379 e. The topological polar surface area (TPSA) is 52.3 Å². The SMILES string of the molecule is CC.CCC(N)C=O.COC(C)(C)C. The molecule has 0 fully saturated rings. The Kier molecular flexibility index (Phi) is 17.3. The average Bonchev–Trinajstić information content (AvgIpc) is 2.19. The fourth-order valence-corrected chi connectivity index (χ4v) is 0.0962. The Hall–Kier alpha value is -0.410. The summed E-state index contributed by atoms with van der Waals surface area (Å²) in [5.74, 6) is 0. The van der Waals surface area contributed by atoms with Crippen LogP contribution >= 0.6 is 0 Å². The molecule has 0 aliphatic heterocycles. The summed E-state index contributed by atoms with van der Waals surface area (Å²) in [5.41, 5.74) is 5.15. The predicted octanol–water partition coefficient (Wildman–Crippen LogP) is 2.38. The lowest BCUT2D eigenvalue weighted by atomic mass is 10.2. The van der Waals surface area contributed by atoms with Gasteiger partial charge in [-0.25, -0.2) is 0 Å². The molecule has 0 radical (unpaired) electrons. The minimum atomic E-state index is -0.245. The van der Waals surface area contributed by atoms with Crippen LogP contribution in [0.4, 0.5) is 0 Å². The van der Waals surface area contributed by atoms with Crippen LogP contribution in [-0.4, -0.2) is 25.0 Å². The molecule has 0 saturated heterocycles. The highest BCUT2D eigenvalue weighted by Crippen LogP contribution is 2.02. The maximum absolute atomic E-state index is 9.61. The van der Waals surface area contributed by atoms with Crippen LogP contribution in [0.5, 0.6) is 0 Å². The molecule has 0 aliphatic rings. The van der Waals surface area contributed by atoms with Crippen molar-refractivity contribution in [3.63, 3.8) is 0 Å². The molecule has 0 aromatic rings. The number of aldehydes is 1. The number of carbonyl (C=O) groups excluding carboxylic acids is 1. The molecular formula is C11H27NO2. The van der Waals surface area contributed by atoms with Gasteiger partial charge in [0.1, 0.15) is 6.29 Å². The van der Waals surface area contributed by atoms with Gasteiger partial charge in [0.15, 0.2) is 0 Å². The summed E-state index contributed by atoms with van der Waals surface area (Å²) < 4.78 is 4.94. The molecule has 2 N–H and O–H groups in total. The van der Waals surface area contributed by atoms with Crippen molar-refractivity contribution in [3.05, 3.63) is 0 Å². The normalized spacial score (nSPS) is 11.4. The highest BCUT2D eigenvalue weighted by Gasteiger charge is 2.03. The van der Waals surface area contributed by atoms with E-state index in [-0.39, 0.29) is 11.6 Å². The molecule has 14 heavy (non-hydrogen) atoms. The minimum Gasteiger partial charge on any atom is -0.379 e. The van der Waals surface area contributed by atoms with Crippen LogP contribution in [0, 0.1) is 0 Å². The zero-order valence-corrected chi connectivity index (χ0v) is 10.8. The van der Waals surface area contributed by atoms with Gasteiger partial charge in [-0.3, -0.25) is 0 Å². The molecule has 0 bridgehead atoms. The van der Waals surface area contributed by atoms with Gasteiger partial charge in [-0.2, -0.15) is 0 Å². The molecule has 3 nitrogen and oxygen atoms in total. The first kappa shape index (κ1) is 19.2. The van der Waals surface area contributed by atoms with E-state index in [0.717, 1.165) is 12.7 Å². The summed E-state index contributed by atoms with van der Waals surface area (Å²) in [7, 11) is 1.71. The summed E-state index contributed by atoms with van der Waals surface area (Å²) in [6.07, 6.45) is 1.49. The van der Waals surface area contributed by atoms with E-state index in [9.17, 15) is 4.79 Å². The summed E-state index contributed by atoms with van der Waals surface area (Å²) in [4.78, 5) is 9.61. The Labute approximate surface area is 89.0 Å². The van der Waals surface area contributed by atoms with Crippen molar-refractivity contribution in [1.29, 1.82) is 0 Å². The minimum absolute atomic E-state index is 0.0417. The number of rotatable bonds is 2. The lowest BCUT2D eigenvalue weighted by Gasteiger charge is -2.14. The van der Waals surface area contributed by atoms with Crippen LogP contribution < -0.4 is 5.73 Å². The molecule has 0 rings (SSSR count). The van der Waals surface area contributed by atoms with Crippen molar-refractivity contribution in [2.45, 2.75) is 59.6 Å². The molecule has 0 aromatic carbocycles. The maximum Gasteiger partial charge on any atom is 0.136 e. The zero-order valence-electron chi connectivity index (χ0n) is 10.8. The van der Waals surface area contributed by atoms with Crippen LogP contribution in [0.25, 0.3) is 0 Å². The van der Waals surface area contributed by atoms with Crippen molar-refractivity contribution >= 4 is 6.29 Å². The van der Waals surface area contributed by atoms with Crippen LogP contribution in [0.3, 0.4) is 0 Å². The smallest absolute Gasteiger partial charge is 0.136 e. The molecule has 0 amide bonds. The molecule has 0 saturated carbocycles. The third-order valence-corrected chi connectivity index (χ3v) is 1.26. The lowest BCUT2D eigenvalue weighted by Crippen LogP contribution is -2.19. The van der Waals surface area contributed by atoms with Crippen molar-refractivity contribution in [3.8, 4) is 0 Å². The van der Waals surface area contributed by atoms with E-state index in [2.05, 4.69) is 0 Å². The number of nitrogens with two attached hydrogens (primary N) is 1. The number of methoxy groups -OCH3 is 1. The van der Waals surface area contributed by atoms with Crippen LogP contribution in [0.1, 0.15) is 48.0 Å². The molecule has 1 atom stereocenters. The number of hydrogen-bond donors (Lipinski definition) is 1. The van der Waals surface area contributed by atoms with Gasteiger partial charge in [0.25, 0.3) is 0 Å². The third kappa shape index (κ3) is 29.9. The van der Waals surface area contributed by atoms with Crippen LogP contribution in [0.2, 0.25) is 0 Å². The molecule has 1 unspecified atom stereocenters. The van der Waals surface area contributed by atoms with E-state index < -0.39 is 0 Å². The average molecular weight is 205 g/mol. The quantitative estimate of drug-likeness (QED) is 0.704. The molecular weight excluding hydrogens is 178 g/mol. The van der Waals surface area contributed by atoms with Gasteiger partial charge in [-0.1, -0.05) is 20.8 Å². The van der Waals surface area contributed by atoms with E-state index >= 15 is 0 Å². The second-order valence-corrected chi connectivity index (χ2v) is 3.52. The molecule has 0 heterocycles. The van der Waals surface area contributed by atoms with Crippen molar-refractivity contribution < 1.29 is 9.53 Å². The first-order chi connectivity index (χ1) is 6.37. The number of hydrogen-bond acceptors (Lipinski definition) is 3. The summed E-state index contributed by atoms with van der Waals surface area (Å²) in [5, 5.41) is 0. The monoisotopic (exact) mass is 205 g/mol. The van der Waals surface area contributed by atoms with Crippen molar-refractivity contribution in [1.82, 2.24) is 0 Å². The van der Waals surface area contributed by atoms with Gasteiger partial charge in [-0.05, 0) is 27.2 Å². The Morgan fingerprint density at radius 2 is 1.64 bits per heavy atom. The number of ether oxygens (including phenoxy) is 1. The third-order valence-electron chi connectivity index (χ3n) is 1.26. The van der Waals surface area contributed by atoms with Crippen molar-refractivity contribution in [2.24, 2.45) is 5.73 Å². The Balaban J connectivity index is -0.000000147. The van der Waals surface area contributed by atoms with Gasteiger partial charge >= 0.3 is 0 Å². The Bertz CT molecular complexity index is 108. The Morgan fingerprint density at radius 3 is 1.64 bits per heavy atom. The fraction of sp³-hybridized carbons (Fsp3) is 0.909. The second-order valence-electron chi connectivity index (χ2n) is 3.52. The van der Waals surface area contributed by atoms with E-state index in [1.165, 1.54) is 0 Å². The first-order valence-electron chi connectivity index (χ1n) is 5.13.